The summed E-state index contributed by atoms with van der Waals surface area (Å²) in [6.45, 7) is 0. The van der Waals surface area contributed by atoms with Crippen LogP contribution in [0.15, 0.2) is 156 Å². The van der Waals surface area contributed by atoms with Gasteiger partial charge in [0, 0.05) is 17.4 Å². The number of benzene rings is 7. The second-order valence-electron chi connectivity index (χ2n) is 11.6. The lowest BCUT2D eigenvalue weighted by Crippen LogP contribution is -2.03. The van der Waals surface area contributed by atoms with Crippen molar-refractivity contribution in [1.29, 1.82) is 0 Å². The van der Waals surface area contributed by atoms with Crippen molar-refractivity contribution in [2.24, 2.45) is 0 Å². The van der Waals surface area contributed by atoms with Gasteiger partial charge >= 0.3 is 0 Å². The number of para-hydroxylation sites is 2. The molecule has 1 atom stereocenters. The average molecular weight is 565 g/mol. The lowest BCUT2D eigenvalue weighted by molar-refractivity contribution is 0.239. The van der Waals surface area contributed by atoms with Gasteiger partial charge in [-0.2, -0.15) is 0 Å². The predicted molar refractivity (Wildman–Crippen MR) is 181 cm³/mol. The molecule has 0 aliphatic carbocycles. The van der Waals surface area contributed by atoms with Crippen molar-refractivity contribution in [3.63, 3.8) is 0 Å². The van der Waals surface area contributed by atoms with Crippen LogP contribution in [-0.2, 0) is 6.42 Å². The van der Waals surface area contributed by atoms with Crippen LogP contribution < -0.4 is 4.74 Å². The van der Waals surface area contributed by atoms with E-state index in [0.29, 0.717) is 0 Å². The van der Waals surface area contributed by atoms with E-state index in [1.54, 1.807) is 0 Å². The monoisotopic (exact) mass is 564 g/mol. The summed E-state index contributed by atoms with van der Waals surface area (Å²) in [6, 6.07) is 54.0. The van der Waals surface area contributed by atoms with E-state index in [1.165, 1.54) is 54.9 Å². The fraction of sp³-hybridized carbons (Fsp3) is 0.0476. The summed E-state index contributed by atoms with van der Waals surface area (Å²) in [5.41, 5.74) is 9.32. The summed E-state index contributed by atoms with van der Waals surface area (Å²) in [4.78, 5) is 0. The molecule has 7 aromatic carbocycles. The summed E-state index contributed by atoms with van der Waals surface area (Å²) in [5, 5.41) is 6.06. The van der Waals surface area contributed by atoms with Gasteiger partial charge in [-0.3, -0.25) is 0 Å². The minimum atomic E-state index is 0.0186. The van der Waals surface area contributed by atoms with E-state index in [2.05, 4.69) is 127 Å². The highest BCUT2D eigenvalue weighted by atomic mass is 16.5. The van der Waals surface area contributed by atoms with E-state index in [9.17, 15) is 0 Å². The van der Waals surface area contributed by atoms with Crippen LogP contribution in [0.25, 0.3) is 66.1 Å². The summed E-state index contributed by atoms with van der Waals surface area (Å²) in [5.74, 6) is 1.87. The molecule has 0 N–H and O–H groups in total. The Hall–Kier alpha value is -5.60. The molecule has 1 unspecified atom stereocenters. The quantitative estimate of drug-likeness (QED) is 0.198. The fourth-order valence-electron chi connectivity index (χ4n) is 6.96. The molecule has 0 fully saturated rings. The zero-order valence-electron chi connectivity index (χ0n) is 24.0. The molecule has 1 aromatic heterocycles. The van der Waals surface area contributed by atoms with E-state index >= 15 is 0 Å². The highest BCUT2D eigenvalue weighted by Crippen LogP contribution is 2.45. The topological polar surface area (TPSA) is 22.4 Å². The third-order valence-corrected chi connectivity index (χ3v) is 8.99. The highest BCUT2D eigenvalue weighted by Gasteiger charge is 2.25. The van der Waals surface area contributed by atoms with Crippen LogP contribution in [0.2, 0.25) is 0 Å². The Morgan fingerprint density at radius 1 is 0.477 bits per heavy atom. The molecular weight excluding hydrogens is 536 g/mol. The Kier molecular flexibility index (Phi) is 5.67. The van der Waals surface area contributed by atoms with Gasteiger partial charge in [-0.05, 0) is 85.3 Å². The first-order valence-corrected chi connectivity index (χ1v) is 15.2. The third kappa shape index (κ3) is 4.03. The number of furan rings is 1. The highest BCUT2D eigenvalue weighted by molar-refractivity contribution is 6.21. The minimum absolute atomic E-state index is 0.0186. The Morgan fingerprint density at radius 2 is 1.07 bits per heavy atom. The van der Waals surface area contributed by atoms with Crippen LogP contribution >= 0.6 is 0 Å². The number of rotatable bonds is 4. The molecule has 9 rings (SSSR count). The summed E-state index contributed by atoms with van der Waals surface area (Å²) < 4.78 is 12.7. The third-order valence-electron chi connectivity index (χ3n) is 8.99. The van der Waals surface area contributed by atoms with Gasteiger partial charge in [-0.25, -0.2) is 0 Å². The molecule has 1 aliphatic heterocycles. The first kappa shape index (κ1) is 24.9. The molecule has 0 saturated carbocycles. The summed E-state index contributed by atoms with van der Waals surface area (Å²) >= 11 is 0. The van der Waals surface area contributed by atoms with Crippen molar-refractivity contribution >= 4 is 32.5 Å². The maximum Gasteiger partial charge on any atom is 0.135 e. The first-order valence-electron chi connectivity index (χ1n) is 15.2. The largest absolute Gasteiger partial charge is 0.485 e. The van der Waals surface area contributed by atoms with Gasteiger partial charge in [0.15, 0.2) is 0 Å². The van der Waals surface area contributed by atoms with Gasteiger partial charge in [-0.15, -0.1) is 0 Å². The summed E-state index contributed by atoms with van der Waals surface area (Å²) in [7, 11) is 0. The Morgan fingerprint density at radius 3 is 1.77 bits per heavy atom. The normalized spacial score (nSPS) is 14.2. The molecule has 0 spiro atoms. The van der Waals surface area contributed by atoms with E-state index in [-0.39, 0.29) is 6.10 Å². The van der Waals surface area contributed by atoms with Crippen LogP contribution in [0.1, 0.15) is 17.2 Å². The predicted octanol–water partition coefficient (Wildman–Crippen LogP) is 11.4. The second kappa shape index (κ2) is 10.00. The molecule has 0 amide bonds. The van der Waals surface area contributed by atoms with Crippen molar-refractivity contribution in [3.8, 4) is 39.3 Å². The van der Waals surface area contributed by atoms with Crippen molar-refractivity contribution < 1.29 is 9.15 Å². The van der Waals surface area contributed by atoms with Crippen LogP contribution in [0.3, 0.4) is 0 Å². The fourth-order valence-corrected chi connectivity index (χ4v) is 6.96. The molecule has 44 heavy (non-hydrogen) atoms. The van der Waals surface area contributed by atoms with E-state index < -0.39 is 0 Å². The van der Waals surface area contributed by atoms with Crippen molar-refractivity contribution in [2.45, 2.75) is 12.5 Å². The Labute approximate surface area is 255 Å². The molecule has 2 heteroatoms. The van der Waals surface area contributed by atoms with Crippen LogP contribution in [0, 0.1) is 0 Å². The molecule has 0 radical (unpaired) electrons. The lowest BCUT2D eigenvalue weighted by atomic mass is 9.85. The standard InChI is InChI=1S/C42H28O2/c1-7-21-37-29(11-1)25-39(43-37)27-13-9-15-31(23-27)41-33-17-3-5-19-35(33)42(36-20-6-4-18-34(36)41)32-16-10-14-28(24-32)40-26-30-12-2-8-22-38(30)44-40/h1-25,40H,26H2. The Bertz CT molecular complexity index is 2240. The van der Waals surface area contributed by atoms with Crippen LogP contribution in [0.5, 0.6) is 5.75 Å². The molecule has 0 saturated heterocycles. The van der Waals surface area contributed by atoms with Gasteiger partial charge in [0.25, 0.3) is 0 Å². The van der Waals surface area contributed by atoms with Crippen molar-refractivity contribution in [3.05, 3.63) is 163 Å². The molecule has 0 bridgehead atoms. The van der Waals surface area contributed by atoms with Crippen molar-refractivity contribution in [1.82, 2.24) is 0 Å². The molecule has 2 nitrogen and oxygen atoms in total. The minimum Gasteiger partial charge on any atom is -0.485 e. The van der Waals surface area contributed by atoms with Crippen LogP contribution in [0.4, 0.5) is 0 Å². The van der Waals surface area contributed by atoms with E-state index in [0.717, 1.165) is 34.5 Å². The first-order chi connectivity index (χ1) is 21.8. The van der Waals surface area contributed by atoms with Gasteiger partial charge in [0.2, 0.25) is 0 Å². The number of ether oxygens (including phenoxy) is 1. The summed E-state index contributed by atoms with van der Waals surface area (Å²) in [6.07, 6.45) is 0.909. The van der Waals surface area contributed by atoms with Crippen molar-refractivity contribution in [2.75, 3.05) is 0 Å². The maximum atomic E-state index is 6.39. The molecule has 8 aromatic rings. The SMILES string of the molecule is c1cc(-c2cc3ccccc3o2)cc(-c2c3ccccc3c(-c3cccc(C4Cc5ccccc5O4)c3)c3ccccc23)c1. The number of hydrogen-bond donors (Lipinski definition) is 0. The molecule has 208 valence electrons. The van der Waals surface area contributed by atoms with Gasteiger partial charge in [0.1, 0.15) is 23.2 Å². The van der Waals surface area contributed by atoms with Gasteiger partial charge in [0.05, 0.1) is 0 Å². The number of hydrogen-bond acceptors (Lipinski definition) is 2. The lowest BCUT2D eigenvalue weighted by Gasteiger charge is -2.19. The zero-order chi connectivity index (χ0) is 29.0. The smallest absolute Gasteiger partial charge is 0.135 e. The second-order valence-corrected chi connectivity index (χ2v) is 11.6. The zero-order valence-corrected chi connectivity index (χ0v) is 24.0. The maximum absolute atomic E-state index is 6.39. The molecule has 2 heterocycles. The Balaban J connectivity index is 1.22. The van der Waals surface area contributed by atoms with E-state index in [1.807, 2.05) is 24.3 Å². The molecular formula is C42H28O2. The molecule has 1 aliphatic rings. The van der Waals surface area contributed by atoms with Crippen LogP contribution in [-0.4, -0.2) is 0 Å². The van der Waals surface area contributed by atoms with Gasteiger partial charge < -0.3 is 9.15 Å². The number of fused-ring (bicyclic) bond motifs is 4. The van der Waals surface area contributed by atoms with Gasteiger partial charge in [-0.1, -0.05) is 121 Å². The van der Waals surface area contributed by atoms with E-state index in [4.69, 9.17) is 9.15 Å². The average Bonchev–Trinajstić information content (AvgIpc) is 3.72.